The number of nitrogens with zero attached hydrogens (tertiary/aromatic N) is 3. The van der Waals surface area contributed by atoms with Gasteiger partial charge in [0.25, 0.3) is 0 Å². The smallest absolute Gasteiger partial charge is 0.230 e. The minimum absolute atomic E-state index is 0.0415. The third-order valence-electron chi connectivity index (χ3n) is 7.14. The Hall–Kier alpha value is -2.47. The van der Waals surface area contributed by atoms with E-state index in [4.69, 9.17) is 16.7 Å². The molecule has 1 amide bonds. The Kier molecular flexibility index (Phi) is 6.37. The molecule has 33 heavy (non-hydrogen) atoms. The zero-order chi connectivity index (χ0) is 22.9. The van der Waals surface area contributed by atoms with Crippen LogP contribution in [0.3, 0.4) is 0 Å². The zero-order valence-corrected chi connectivity index (χ0v) is 20.2. The van der Waals surface area contributed by atoms with E-state index >= 15 is 0 Å². The van der Waals surface area contributed by atoms with Gasteiger partial charge in [-0.25, -0.2) is 9.48 Å². The summed E-state index contributed by atoms with van der Waals surface area (Å²) in [5.74, 6) is 0.629. The second kappa shape index (κ2) is 9.41. The van der Waals surface area contributed by atoms with Crippen LogP contribution in [-0.2, 0) is 0 Å². The van der Waals surface area contributed by atoms with Crippen LogP contribution in [0.1, 0.15) is 71.6 Å². The first kappa shape index (κ1) is 22.3. The molecule has 3 aromatic rings. The fourth-order valence-electron chi connectivity index (χ4n) is 5.30. The molecule has 0 spiro atoms. The second-order valence-electron chi connectivity index (χ2n) is 9.53. The van der Waals surface area contributed by atoms with Crippen molar-refractivity contribution in [2.75, 3.05) is 13.1 Å². The van der Waals surface area contributed by atoms with Gasteiger partial charge in [-0.3, -0.25) is 0 Å². The number of hydrogen-bond acceptors (Lipinski definition) is 3. The van der Waals surface area contributed by atoms with E-state index in [0.29, 0.717) is 16.6 Å². The second-order valence-corrected chi connectivity index (χ2v) is 9.94. The molecule has 1 saturated heterocycles. The zero-order valence-electron chi connectivity index (χ0n) is 19.5. The van der Waals surface area contributed by atoms with E-state index in [1.165, 1.54) is 31.2 Å². The van der Waals surface area contributed by atoms with Crippen molar-refractivity contribution in [3.63, 3.8) is 0 Å². The molecule has 0 atom stereocenters. The topological polar surface area (TPSA) is 54.7 Å². The Morgan fingerprint density at radius 2 is 1.70 bits per heavy atom. The van der Waals surface area contributed by atoms with Gasteiger partial charge in [-0.15, -0.1) is 0 Å². The maximum absolute atomic E-state index is 13.2. The summed E-state index contributed by atoms with van der Waals surface area (Å²) in [4.78, 5) is 13.2. The third-order valence-corrected chi connectivity index (χ3v) is 7.44. The molecule has 0 radical (unpaired) electrons. The molecule has 2 N–H and O–H groups in total. The Morgan fingerprint density at radius 3 is 2.36 bits per heavy atom. The van der Waals surface area contributed by atoms with Crippen molar-refractivity contribution >= 4 is 17.5 Å². The molecule has 1 saturated carbocycles. The maximum atomic E-state index is 13.2. The molecule has 1 aromatic heterocycles. The van der Waals surface area contributed by atoms with E-state index in [-0.39, 0.29) is 5.91 Å². The van der Waals surface area contributed by atoms with E-state index < -0.39 is 0 Å². The van der Waals surface area contributed by atoms with Crippen LogP contribution in [0.25, 0.3) is 16.9 Å². The average molecular weight is 464 g/mol. The van der Waals surface area contributed by atoms with Crippen molar-refractivity contribution < 1.29 is 10.2 Å². The first-order valence-corrected chi connectivity index (χ1v) is 12.5. The van der Waals surface area contributed by atoms with Crippen molar-refractivity contribution in [2.45, 2.75) is 58.3 Å². The highest BCUT2D eigenvalue weighted by atomic mass is 35.5. The van der Waals surface area contributed by atoms with E-state index in [2.05, 4.69) is 29.3 Å². The van der Waals surface area contributed by atoms with Crippen molar-refractivity contribution in [1.29, 1.82) is 0 Å². The summed E-state index contributed by atoms with van der Waals surface area (Å²) >= 11 is 6.65. The quantitative estimate of drug-likeness (QED) is 0.530. The fraction of sp³-hybridized carbons (Fsp3) is 0.407. The summed E-state index contributed by atoms with van der Waals surface area (Å²) < 4.78 is 1.85. The molecular formula is C27H32ClN4O+. The molecule has 5 rings (SSSR count). The van der Waals surface area contributed by atoms with Gasteiger partial charge in [-0.1, -0.05) is 54.8 Å². The summed E-state index contributed by atoms with van der Waals surface area (Å²) in [5, 5.41) is 7.55. The Balaban J connectivity index is 1.57. The lowest BCUT2D eigenvalue weighted by molar-refractivity contribution is -0.718. The SMILES string of the molecule is Cc1ccc(-n2nc(C(=O)[NH2+]N3CCCC3)c(C)c2-c2ccc(C3CCCC3)cc2)c(Cl)c1. The first-order chi connectivity index (χ1) is 16.0. The Morgan fingerprint density at radius 1 is 1.00 bits per heavy atom. The van der Waals surface area contributed by atoms with Crippen molar-refractivity contribution in [3.05, 3.63) is 69.9 Å². The van der Waals surface area contributed by atoms with E-state index in [1.54, 1.807) is 5.43 Å². The standard InChI is InChI=1S/C27H31ClN4O/c1-18-9-14-24(23(28)17-18)32-26(22-12-10-21(11-13-22)20-7-3-4-8-20)19(2)25(29-32)27(33)30-31-15-5-6-16-31/h9-14,17,20H,3-8,15-16H2,1-2H3,(H,30,33)/p+1. The molecule has 172 valence electrons. The van der Waals surface area contributed by atoms with Crippen molar-refractivity contribution in [3.8, 4) is 16.9 Å². The molecule has 2 fully saturated rings. The fourth-order valence-corrected chi connectivity index (χ4v) is 5.61. The average Bonchev–Trinajstić information content (AvgIpc) is 3.56. The number of quaternary nitrogens is 1. The van der Waals surface area contributed by atoms with Crippen molar-refractivity contribution in [1.82, 2.24) is 14.8 Å². The lowest BCUT2D eigenvalue weighted by Gasteiger charge is -2.13. The number of benzene rings is 2. The summed E-state index contributed by atoms with van der Waals surface area (Å²) in [6.07, 6.45) is 7.47. The lowest BCUT2D eigenvalue weighted by Crippen LogP contribution is -2.96. The number of nitrogens with two attached hydrogens (primary N) is 1. The third kappa shape index (κ3) is 4.50. The molecule has 2 heterocycles. The van der Waals surface area contributed by atoms with Crippen LogP contribution in [0.15, 0.2) is 42.5 Å². The highest BCUT2D eigenvalue weighted by Crippen LogP contribution is 2.36. The van der Waals surface area contributed by atoms with Crippen LogP contribution in [-0.4, -0.2) is 33.8 Å². The van der Waals surface area contributed by atoms with Crippen molar-refractivity contribution in [2.24, 2.45) is 0 Å². The molecule has 2 aromatic carbocycles. The number of aromatic nitrogens is 2. The number of primary amides is 1. The number of carbonyl (C=O) groups excluding carboxylic acids is 1. The van der Waals surface area contributed by atoms with E-state index in [1.807, 2.05) is 36.7 Å². The molecule has 2 aliphatic rings. The predicted molar refractivity (Wildman–Crippen MR) is 132 cm³/mol. The van der Waals surface area contributed by atoms with Gasteiger partial charge in [-0.2, -0.15) is 15.5 Å². The number of halogens is 1. The predicted octanol–water partition coefficient (Wildman–Crippen LogP) is 5.18. The van der Waals surface area contributed by atoms with Gasteiger partial charge in [0.15, 0.2) is 5.69 Å². The van der Waals surface area contributed by atoms with E-state index in [0.717, 1.165) is 54.0 Å². The van der Waals surface area contributed by atoms with E-state index in [9.17, 15) is 4.79 Å². The van der Waals surface area contributed by atoms with Crippen LogP contribution in [0.4, 0.5) is 0 Å². The molecule has 5 nitrogen and oxygen atoms in total. The summed E-state index contributed by atoms with van der Waals surface area (Å²) in [5.41, 5.74) is 8.39. The molecule has 1 aliphatic carbocycles. The number of carbonyl (C=O) groups is 1. The first-order valence-electron chi connectivity index (χ1n) is 12.1. The minimum atomic E-state index is -0.0415. The number of amides is 1. The van der Waals surface area contributed by atoms with Crippen LogP contribution >= 0.6 is 11.6 Å². The number of aryl methyl sites for hydroxylation is 1. The van der Waals surface area contributed by atoms with Crippen LogP contribution in [0.5, 0.6) is 0 Å². The summed E-state index contributed by atoms with van der Waals surface area (Å²) in [6, 6.07) is 14.8. The van der Waals surface area contributed by atoms with Gasteiger partial charge < -0.3 is 0 Å². The monoisotopic (exact) mass is 463 g/mol. The molecule has 6 heteroatoms. The number of hydrogen-bond donors (Lipinski definition) is 1. The summed E-state index contributed by atoms with van der Waals surface area (Å²) in [7, 11) is 0. The molecular weight excluding hydrogens is 432 g/mol. The number of rotatable bonds is 5. The molecule has 0 bridgehead atoms. The Bertz CT molecular complexity index is 1160. The van der Waals surface area contributed by atoms with Gasteiger partial charge in [0.1, 0.15) is 0 Å². The van der Waals surface area contributed by atoms with Gasteiger partial charge in [-0.05, 0) is 68.7 Å². The van der Waals surface area contributed by atoms with Gasteiger partial charge in [0.05, 0.1) is 16.4 Å². The maximum Gasteiger partial charge on any atom is 0.382 e. The van der Waals surface area contributed by atoms with Gasteiger partial charge in [0.2, 0.25) is 0 Å². The lowest BCUT2D eigenvalue weighted by atomic mass is 9.95. The highest BCUT2D eigenvalue weighted by molar-refractivity contribution is 6.32. The van der Waals surface area contributed by atoms with Gasteiger partial charge >= 0.3 is 5.91 Å². The summed E-state index contributed by atoms with van der Waals surface area (Å²) in [6.45, 7) is 5.89. The molecule has 0 unspecified atom stereocenters. The van der Waals surface area contributed by atoms with Gasteiger partial charge in [0, 0.05) is 24.2 Å². The molecule has 1 aliphatic heterocycles. The van der Waals surface area contributed by atoms with Crippen LogP contribution in [0.2, 0.25) is 5.02 Å². The highest BCUT2D eigenvalue weighted by Gasteiger charge is 2.28. The Labute approximate surface area is 200 Å². The normalized spacial score (nSPS) is 17.2. The minimum Gasteiger partial charge on any atom is -0.230 e. The van der Waals surface area contributed by atoms with Crippen LogP contribution in [0, 0.1) is 13.8 Å². The largest absolute Gasteiger partial charge is 0.382 e. The van der Waals surface area contributed by atoms with Crippen LogP contribution < -0.4 is 5.43 Å².